The molecule has 1 atom stereocenters. The third-order valence-corrected chi connectivity index (χ3v) is 5.81. The molecule has 0 N–H and O–H groups in total. The van der Waals surface area contributed by atoms with Gasteiger partial charge in [-0.25, -0.2) is 4.39 Å². The standard InChI is InChI=1S/C16H13ClFN3O2S2/c1-20(10-5-6-12(18)11(17)8-10)16(22)14-9-13(15-4-3-7-24-15)19-25(23)21(14)2/h3-9H,1-2H3. The van der Waals surface area contributed by atoms with E-state index in [-0.39, 0.29) is 10.7 Å². The van der Waals surface area contributed by atoms with Gasteiger partial charge < -0.3 is 9.45 Å². The van der Waals surface area contributed by atoms with Gasteiger partial charge >= 0.3 is 0 Å². The molecule has 1 amide bonds. The smallest absolute Gasteiger partial charge is 0.278 e. The van der Waals surface area contributed by atoms with Crippen molar-refractivity contribution in [1.29, 1.82) is 0 Å². The number of carbonyl (C=O) groups is 1. The Bertz CT molecular complexity index is 870. The predicted octanol–water partition coefficient (Wildman–Crippen LogP) is 3.40. The largest absolute Gasteiger partial charge is 0.566 e. The normalized spacial score (nSPS) is 17.2. The highest BCUT2D eigenvalue weighted by Gasteiger charge is 2.32. The van der Waals surface area contributed by atoms with Gasteiger partial charge in [0.1, 0.15) is 11.5 Å². The van der Waals surface area contributed by atoms with Gasteiger partial charge in [-0.05, 0) is 34.0 Å². The Morgan fingerprint density at radius 2 is 2.20 bits per heavy atom. The molecule has 1 aromatic carbocycles. The number of carbonyl (C=O) groups excluding carboxylic acids is 1. The van der Waals surface area contributed by atoms with Gasteiger partial charge in [-0.1, -0.05) is 17.7 Å². The molecule has 130 valence electrons. The van der Waals surface area contributed by atoms with E-state index < -0.39 is 23.3 Å². The van der Waals surface area contributed by atoms with E-state index in [0.29, 0.717) is 11.4 Å². The molecule has 0 saturated carbocycles. The highest BCUT2D eigenvalue weighted by molar-refractivity contribution is 7.88. The van der Waals surface area contributed by atoms with Gasteiger partial charge in [-0.2, -0.15) is 4.31 Å². The monoisotopic (exact) mass is 397 g/mol. The highest BCUT2D eigenvalue weighted by atomic mass is 35.5. The zero-order chi connectivity index (χ0) is 18.1. The van der Waals surface area contributed by atoms with Crippen molar-refractivity contribution in [1.82, 2.24) is 4.31 Å². The fraction of sp³-hybridized carbons (Fsp3) is 0.125. The Morgan fingerprint density at radius 1 is 1.44 bits per heavy atom. The lowest BCUT2D eigenvalue weighted by Crippen LogP contribution is -2.39. The SMILES string of the molecule is CN(C(=O)C1=CC(c2cccs2)=N[S+]([O-])N1C)c1ccc(F)c(Cl)c1. The lowest BCUT2D eigenvalue weighted by atomic mass is 10.2. The first-order valence-corrected chi connectivity index (χ1v) is 9.43. The minimum absolute atomic E-state index is 0.0764. The van der Waals surface area contributed by atoms with E-state index in [1.807, 2.05) is 17.5 Å². The molecule has 1 aliphatic rings. The van der Waals surface area contributed by atoms with Gasteiger partial charge in [0, 0.05) is 18.8 Å². The van der Waals surface area contributed by atoms with Gasteiger partial charge in [0.05, 0.1) is 16.9 Å². The van der Waals surface area contributed by atoms with E-state index in [1.54, 1.807) is 13.1 Å². The van der Waals surface area contributed by atoms with Crippen molar-refractivity contribution in [3.63, 3.8) is 0 Å². The molecule has 0 radical (unpaired) electrons. The minimum atomic E-state index is -1.71. The van der Waals surface area contributed by atoms with Crippen molar-refractivity contribution >= 4 is 51.8 Å². The zero-order valence-corrected chi connectivity index (χ0v) is 15.7. The van der Waals surface area contributed by atoms with Crippen LogP contribution in [0.3, 0.4) is 0 Å². The Hall–Kier alpha value is -1.87. The summed E-state index contributed by atoms with van der Waals surface area (Å²) in [6.45, 7) is 0. The summed E-state index contributed by atoms with van der Waals surface area (Å²) in [4.78, 5) is 15.0. The van der Waals surface area contributed by atoms with Crippen molar-refractivity contribution < 1.29 is 13.7 Å². The van der Waals surface area contributed by atoms with Crippen molar-refractivity contribution in [2.75, 3.05) is 19.0 Å². The number of nitrogens with zero attached hydrogens (tertiary/aromatic N) is 3. The number of likely N-dealkylation sites (N-methyl/N-ethyl adjacent to an activating group) is 2. The molecule has 1 aromatic heterocycles. The summed E-state index contributed by atoms with van der Waals surface area (Å²) < 4.78 is 31.0. The molecule has 5 nitrogen and oxygen atoms in total. The Balaban J connectivity index is 1.93. The molecule has 1 aliphatic heterocycles. The predicted molar refractivity (Wildman–Crippen MR) is 99.7 cm³/mol. The number of anilines is 1. The van der Waals surface area contributed by atoms with Crippen LogP contribution < -0.4 is 4.90 Å². The topological polar surface area (TPSA) is 59.0 Å². The molecule has 25 heavy (non-hydrogen) atoms. The molecule has 2 heterocycles. The zero-order valence-electron chi connectivity index (χ0n) is 13.3. The summed E-state index contributed by atoms with van der Waals surface area (Å²) in [5, 5.41) is 1.80. The van der Waals surface area contributed by atoms with Gasteiger partial charge in [0.15, 0.2) is 5.70 Å². The maximum absolute atomic E-state index is 13.3. The molecule has 1 unspecified atom stereocenters. The summed E-state index contributed by atoms with van der Waals surface area (Å²) in [7, 11) is 3.07. The third kappa shape index (κ3) is 3.57. The Labute approximate surface area is 156 Å². The van der Waals surface area contributed by atoms with E-state index in [0.717, 1.165) is 4.88 Å². The van der Waals surface area contributed by atoms with E-state index in [2.05, 4.69) is 4.40 Å². The second-order valence-corrected chi connectivity index (χ2v) is 7.72. The molecule has 0 fully saturated rings. The van der Waals surface area contributed by atoms with E-state index in [9.17, 15) is 13.7 Å². The molecular weight excluding hydrogens is 385 g/mol. The maximum Gasteiger partial charge on any atom is 0.278 e. The number of thiophene rings is 1. The van der Waals surface area contributed by atoms with E-state index in [1.165, 1.54) is 45.8 Å². The van der Waals surface area contributed by atoms with Gasteiger partial charge in [-0.3, -0.25) is 4.79 Å². The summed E-state index contributed by atoms with van der Waals surface area (Å²) in [5.74, 6) is -0.962. The minimum Gasteiger partial charge on any atom is -0.566 e. The number of halogens is 2. The quantitative estimate of drug-likeness (QED) is 0.746. The molecule has 0 saturated heterocycles. The Kier molecular flexibility index (Phi) is 5.14. The molecule has 2 aromatic rings. The van der Waals surface area contributed by atoms with Crippen LogP contribution in [0, 0.1) is 5.82 Å². The molecule has 3 rings (SSSR count). The van der Waals surface area contributed by atoms with Crippen LogP contribution in [-0.4, -0.2) is 34.6 Å². The van der Waals surface area contributed by atoms with Gasteiger partial charge in [-0.15, -0.1) is 11.3 Å². The van der Waals surface area contributed by atoms with Crippen LogP contribution in [0.25, 0.3) is 0 Å². The van der Waals surface area contributed by atoms with Crippen LogP contribution in [0.15, 0.2) is 51.9 Å². The average molecular weight is 398 g/mol. The van der Waals surface area contributed by atoms with E-state index >= 15 is 0 Å². The van der Waals surface area contributed by atoms with Gasteiger partial charge in [0.25, 0.3) is 5.91 Å². The Morgan fingerprint density at radius 3 is 2.84 bits per heavy atom. The van der Waals surface area contributed by atoms with Crippen molar-refractivity contribution in [3.05, 3.63) is 63.2 Å². The second kappa shape index (κ2) is 7.17. The number of amides is 1. The number of hydrogen-bond acceptors (Lipinski definition) is 5. The average Bonchev–Trinajstić information content (AvgIpc) is 3.13. The second-order valence-electron chi connectivity index (χ2n) is 5.17. The third-order valence-electron chi connectivity index (χ3n) is 3.61. The summed E-state index contributed by atoms with van der Waals surface area (Å²) in [5.41, 5.74) is 1.14. The number of rotatable bonds is 3. The summed E-state index contributed by atoms with van der Waals surface area (Å²) in [6.07, 6.45) is 1.59. The molecular formula is C16H13ClFN3O2S2. The molecule has 0 spiro atoms. The summed E-state index contributed by atoms with van der Waals surface area (Å²) >= 11 is 5.52. The van der Waals surface area contributed by atoms with E-state index in [4.69, 9.17) is 11.6 Å². The van der Waals surface area contributed by atoms with Crippen LogP contribution in [0.1, 0.15) is 4.88 Å². The van der Waals surface area contributed by atoms with Crippen molar-refractivity contribution in [2.45, 2.75) is 0 Å². The molecule has 0 bridgehead atoms. The number of allylic oxidation sites excluding steroid dienone is 1. The summed E-state index contributed by atoms with van der Waals surface area (Å²) in [6, 6.07) is 7.70. The molecule has 9 heteroatoms. The van der Waals surface area contributed by atoms with Crippen molar-refractivity contribution in [2.24, 2.45) is 4.40 Å². The van der Waals surface area contributed by atoms with Crippen LogP contribution in [0.2, 0.25) is 5.02 Å². The van der Waals surface area contributed by atoms with Gasteiger partial charge in [0.2, 0.25) is 11.5 Å². The maximum atomic E-state index is 13.3. The van der Waals surface area contributed by atoms with Crippen LogP contribution in [-0.2, 0) is 16.3 Å². The van der Waals surface area contributed by atoms with Crippen LogP contribution in [0.5, 0.6) is 0 Å². The lowest BCUT2D eigenvalue weighted by Gasteiger charge is -2.26. The first-order chi connectivity index (χ1) is 11.9. The van der Waals surface area contributed by atoms with Crippen LogP contribution >= 0.6 is 22.9 Å². The lowest BCUT2D eigenvalue weighted by molar-refractivity contribution is -0.115. The van der Waals surface area contributed by atoms with Crippen LogP contribution in [0.4, 0.5) is 10.1 Å². The first kappa shape index (κ1) is 17.9. The fourth-order valence-electron chi connectivity index (χ4n) is 2.20. The first-order valence-electron chi connectivity index (χ1n) is 7.11. The number of benzene rings is 1. The molecule has 0 aliphatic carbocycles. The number of hydrogen-bond donors (Lipinski definition) is 0. The van der Waals surface area contributed by atoms with Crippen molar-refractivity contribution in [3.8, 4) is 0 Å². The highest BCUT2D eigenvalue weighted by Crippen LogP contribution is 2.26. The fourth-order valence-corrected chi connectivity index (χ4v) is 3.86.